The molecule has 1 heteroatoms. The standard InChI is InChI=1S/C15H29Cl/c1-2-3-4-5-6-8-11-15(14-16)12-9-7-10-13-15/h2-14H2,1H3. The molecule has 0 heterocycles. The van der Waals surface area contributed by atoms with Gasteiger partial charge in [0.15, 0.2) is 0 Å². The maximum atomic E-state index is 6.20. The van der Waals surface area contributed by atoms with E-state index in [2.05, 4.69) is 6.92 Å². The monoisotopic (exact) mass is 244 g/mol. The first-order valence-corrected chi connectivity index (χ1v) is 7.92. The number of unbranched alkanes of at least 4 members (excludes halogenated alkanes) is 5. The smallest absolute Gasteiger partial charge is 0.0279 e. The van der Waals surface area contributed by atoms with Gasteiger partial charge in [-0.25, -0.2) is 0 Å². The lowest BCUT2D eigenvalue weighted by molar-refractivity contribution is 0.197. The van der Waals surface area contributed by atoms with Crippen molar-refractivity contribution in [1.29, 1.82) is 0 Å². The Morgan fingerprint density at radius 1 is 0.875 bits per heavy atom. The number of alkyl halides is 1. The quantitative estimate of drug-likeness (QED) is 0.367. The van der Waals surface area contributed by atoms with E-state index >= 15 is 0 Å². The van der Waals surface area contributed by atoms with Crippen LogP contribution in [0.5, 0.6) is 0 Å². The van der Waals surface area contributed by atoms with Gasteiger partial charge in [0.25, 0.3) is 0 Å². The summed E-state index contributed by atoms with van der Waals surface area (Å²) in [5.41, 5.74) is 0.532. The van der Waals surface area contributed by atoms with Gasteiger partial charge in [0, 0.05) is 5.88 Å². The van der Waals surface area contributed by atoms with E-state index < -0.39 is 0 Å². The van der Waals surface area contributed by atoms with Crippen molar-refractivity contribution in [3.05, 3.63) is 0 Å². The van der Waals surface area contributed by atoms with E-state index in [1.54, 1.807) is 0 Å². The molecule has 0 spiro atoms. The van der Waals surface area contributed by atoms with Gasteiger partial charge < -0.3 is 0 Å². The molecule has 1 fully saturated rings. The van der Waals surface area contributed by atoms with E-state index in [0.29, 0.717) is 5.41 Å². The third-order valence-electron chi connectivity index (χ3n) is 4.26. The second-order valence-electron chi connectivity index (χ2n) is 5.71. The molecule has 0 nitrogen and oxygen atoms in total. The van der Waals surface area contributed by atoms with Gasteiger partial charge in [0.1, 0.15) is 0 Å². The molecule has 0 aromatic heterocycles. The molecule has 0 atom stereocenters. The Morgan fingerprint density at radius 2 is 1.50 bits per heavy atom. The van der Waals surface area contributed by atoms with Crippen LogP contribution in [0.25, 0.3) is 0 Å². The summed E-state index contributed by atoms with van der Waals surface area (Å²) in [5.74, 6) is 0.905. The van der Waals surface area contributed by atoms with Crippen LogP contribution in [0.2, 0.25) is 0 Å². The highest BCUT2D eigenvalue weighted by atomic mass is 35.5. The average molecular weight is 245 g/mol. The summed E-state index contributed by atoms with van der Waals surface area (Å²) in [4.78, 5) is 0. The molecule has 0 aliphatic heterocycles. The number of rotatable bonds is 8. The lowest BCUT2D eigenvalue weighted by Gasteiger charge is -2.35. The van der Waals surface area contributed by atoms with Crippen molar-refractivity contribution in [3.8, 4) is 0 Å². The third-order valence-corrected chi connectivity index (χ3v) is 4.83. The Bertz CT molecular complexity index is 159. The van der Waals surface area contributed by atoms with E-state index in [1.807, 2.05) is 0 Å². The molecule has 0 aromatic rings. The highest BCUT2D eigenvalue weighted by Crippen LogP contribution is 2.41. The fourth-order valence-electron chi connectivity index (χ4n) is 3.03. The van der Waals surface area contributed by atoms with Crippen LogP contribution in [-0.2, 0) is 0 Å². The fourth-order valence-corrected chi connectivity index (χ4v) is 3.43. The zero-order valence-corrected chi connectivity index (χ0v) is 11.8. The van der Waals surface area contributed by atoms with Crippen molar-refractivity contribution in [2.45, 2.75) is 84.0 Å². The predicted molar refractivity (Wildman–Crippen MR) is 74.2 cm³/mol. The first-order chi connectivity index (χ1) is 7.83. The summed E-state index contributed by atoms with van der Waals surface area (Å²) in [6.45, 7) is 2.28. The van der Waals surface area contributed by atoms with Crippen LogP contribution in [0.15, 0.2) is 0 Å². The first kappa shape index (κ1) is 14.4. The summed E-state index contributed by atoms with van der Waals surface area (Å²) in [6.07, 6.45) is 16.9. The molecular formula is C15H29Cl. The van der Waals surface area contributed by atoms with E-state index in [9.17, 15) is 0 Å². The number of hydrogen-bond donors (Lipinski definition) is 0. The molecule has 16 heavy (non-hydrogen) atoms. The van der Waals surface area contributed by atoms with Crippen LogP contribution in [-0.4, -0.2) is 5.88 Å². The summed E-state index contributed by atoms with van der Waals surface area (Å²) in [5, 5.41) is 0. The third kappa shape index (κ3) is 5.08. The van der Waals surface area contributed by atoms with Gasteiger partial charge in [-0.15, -0.1) is 11.6 Å². The zero-order valence-electron chi connectivity index (χ0n) is 11.1. The maximum Gasteiger partial charge on any atom is 0.0279 e. The Labute approximate surface area is 107 Å². The highest BCUT2D eigenvalue weighted by molar-refractivity contribution is 6.18. The SMILES string of the molecule is CCCCCCCCC1(CCl)CCCCC1. The Balaban J connectivity index is 2.08. The number of halogens is 1. The minimum atomic E-state index is 0.532. The van der Waals surface area contributed by atoms with Crippen molar-refractivity contribution >= 4 is 11.6 Å². The largest absolute Gasteiger partial charge is 0.126 e. The number of hydrogen-bond acceptors (Lipinski definition) is 0. The van der Waals surface area contributed by atoms with E-state index in [-0.39, 0.29) is 0 Å². The molecule has 0 amide bonds. The van der Waals surface area contributed by atoms with E-state index in [1.165, 1.54) is 77.0 Å². The van der Waals surface area contributed by atoms with Gasteiger partial charge in [-0.05, 0) is 24.7 Å². The topological polar surface area (TPSA) is 0 Å². The molecule has 0 unspecified atom stereocenters. The Morgan fingerprint density at radius 3 is 2.12 bits per heavy atom. The van der Waals surface area contributed by atoms with E-state index in [4.69, 9.17) is 11.6 Å². The normalized spacial score (nSPS) is 19.9. The highest BCUT2D eigenvalue weighted by Gasteiger charge is 2.30. The fraction of sp³-hybridized carbons (Fsp3) is 1.00. The molecule has 0 N–H and O–H groups in total. The molecule has 1 aliphatic carbocycles. The van der Waals surface area contributed by atoms with Crippen LogP contribution in [0.4, 0.5) is 0 Å². The van der Waals surface area contributed by atoms with Crippen molar-refractivity contribution in [1.82, 2.24) is 0 Å². The van der Waals surface area contributed by atoms with Gasteiger partial charge >= 0.3 is 0 Å². The molecular weight excluding hydrogens is 216 g/mol. The summed E-state index contributed by atoms with van der Waals surface area (Å²) >= 11 is 6.20. The zero-order chi connectivity index (χ0) is 11.7. The van der Waals surface area contributed by atoms with Crippen molar-refractivity contribution in [2.24, 2.45) is 5.41 Å². The van der Waals surface area contributed by atoms with Crippen LogP contribution in [0.3, 0.4) is 0 Å². The van der Waals surface area contributed by atoms with Gasteiger partial charge in [0.2, 0.25) is 0 Å². The second-order valence-corrected chi connectivity index (χ2v) is 5.98. The molecule has 0 radical (unpaired) electrons. The minimum Gasteiger partial charge on any atom is -0.126 e. The van der Waals surface area contributed by atoms with Crippen molar-refractivity contribution in [2.75, 3.05) is 5.88 Å². The van der Waals surface area contributed by atoms with Crippen molar-refractivity contribution in [3.63, 3.8) is 0 Å². The average Bonchev–Trinajstić information content (AvgIpc) is 2.35. The molecule has 0 saturated heterocycles. The van der Waals surface area contributed by atoms with Crippen LogP contribution >= 0.6 is 11.6 Å². The van der Waals surface area contributed by atoms with Gasteiger partial charge in [-0.1, -0.05) is 64.7 Å². The molecule has 1 aliphatic rings. The molecule has 0 bridgehead atoms. The van der Waals surface area contributed by atoms with Crippen LogP contribution in [0, 0.1) is 5.41 Å². The molecule has 1 rings (SSSR count). The summed E-state index contributed by atoms with van der Waals surface area (Å²) < 4.78 is 0. The van der Waals surface area contributed by atoms with Gasteiger partial charge in [0.05, 0.1) is 0 Å². The summed E-state index contributed by atoms with van der Waals surface area (Å²) in [7, 11) is 0. The molecule has 96 valence electrons. The van der Waals surface area contributed by atoms with Gasteiger partial charge in [-0.2, -0.15) is 0 Å². The predicted octanol–water partition coefficient (Wildman–Crippen LogP) is 5.93. The molecule has 1 saturated carbocycles. The minimum absolute atomic E-state index is 0.532. The van der Waals surface area contributed by atoms with Crippen LogP contribution < -0.4 is 0 Å². The lowest BCUT2D eigenvalue weighted by atomic mass is 9.72. The summed E-state index contributed by atoms with van der Waals surface area (Å²) in [6, 6.07) is 0. The maximum absolute atomic E-state index is 6.20. The second kappa shape index (κ2) is 8.39. The van der Waals surface area contributed by atoms with Crippen molar-refractivity contribution < 1.29 is 0 Å². The Kier molecular flexibility index (Phi) is 7.53. The molecule has 0 aromatic carbocycles. The van der Waals surface area contributed by atoms with Gasteiger partial charge in [-0.3, -0.25) is 0 Å². The van der Waals surface area contributed by atoms with E-state index in [0.717, 1.165) is 5.88 Å². The lowest BCUT2D eigenvalue weighted by Crippen LogP contribution is -2.25. The van der Waals surface area contributed by atoms with Crippen LogP contribution in [0.1, 0.15) is 84.0 Å². The first-order valence-electron chi connectivity index (χ1n) is 7.39. The Hall–Kier alpha value is 0.290.